The molecular formula is C19H18N2. The van der Waals surface area contributed by atoms with Gasteiger partial charge in [0, 0.05) is 11.6 Å². The molecule has 0 fully saturated rings. The molecule has 2 heteroatoms. The summed E-state index contributed by atoms with van der Waals surface area (Å²) in [5.74, 6) is 0.935. The minimum Gasteiger partial charge on any atom is -0.364 e. The molecule has 1 heterocycles. The van der Waals surface area contributed by atoms with Crippen molar-refractivity contribution in [2.45, 2.75) is 19.0 Å². The molecule has 0 spiro atoms. The molecule has 2 nitrogen and oxygen atoms in total. The van der Waals surface area contributed by atoms with Gasteiger partial charge in [-0.25, -0.2) is 0 Å². The van der Waals surface area contributed by atoms with Crippen LogP contribution in [0.4, 0.5) is 0 Å². The maximum Gasteiger partial charge on any atom is 0.129 e. The molecule has 0 aromatic heterocycles. The highest BCUT2D eigenvalue weighted by molar-refractivity contribution is 5.99. The predicted molar refractivity (Wildman–Crippen MR) is 88.4 cm³/mol. The van der Waals surface area contributed by atoms with Gasteiger partial charge in [-0.3, -0.25) is 4.99 Å². The molecule has 3 rings (SSSR count). The molecule has 0 saturated heterocycles. The fraction of sp³-hybridized carbons (Fsp3) is 0.158. The molecule has 21 heavy (non-hydrogen) atoms. The Morgan fingerprint density at radius 2 is 1.95 bits per heavy atom. The molecule has 0 bridgehead atoms. The van der Waals surface area contributed by atoms with Crippen LogP contribution in [0.1, 0.15) is 12.5 Å². The summed E-state index contributed by atoms with van der Waals surface area (Å²) < 4.78 is 0. The monoisotopic (exact) mass is 274 g/mol. The van der Waals surface area contributed by atoms with Gasteiger partial charge in [0.1, 0.15) is 5.84 Å². The van der Waals surface area contributed by atoms with Crippen LogP contribution >= 0.6 is 0 Å². The van der Waals surface area contributed by atoms with Gasteiger partial charge < -0.3 is 5.32 Å². The van der Waals surface area contributed by atoms with Crippen LogP contribution in [0.2, 0.25) is 0 Å². The van der Waals surface area contributed by atoms with Crippen molar-refractivity contribution >= 4 is 5.84 Å². The normalized spacial score (nSPS) is 23.9. The Morgan fingerprint density at radius 1 is 1.10 bits per heavy atom. The predicted octanol–water partition coefficient (Wildman–Crippen LogP) is 3.56. The average Bonchev–Trinajstić information content (AvgIpc) is 2.89. The molecule has 0 saturated carbocycles. The molecule has 2 atom stereocenters. The highest BCUT2D eigenvalue weighted by Crippen LogP contribution is 2.16. The van der Waals surface area contributed by atoms with Crippen molar-refractivity contribution in [1.82, 2.24) is 5.32 Å². The summed E-state index contributed by atoms with van der Waals surface area (Å²) >= 11 is 0. The zero-order valence-corrected chi connectivity index (χ0v) is 12.0. The number of nitrogens with one attached hydrogen (secondary N) is 1. The molecule has 1 aliphatic heterocycles. The number of rotatable bonds is 2. The van der Waals surface area contributed by atoms with Crippen LogP contribution in [-0.2, 0) is 0 Å². The zero-order chi connectivity index (χ0) is 14.5. The van der Waals surface area contributed by atoms with E-state index in [2.05, 4.69) is 48.3 Å². The van der Waals surface area contributed by atoms with E-state index in [1.807, 2.05) is 42.5 Å². The van der Waals surface area contributed by atoms with Crippen molar-refractivity contribution in [1.29, 1.82) is 0 Å². The van der Waals surface area contributed by atoms with Crippen molar-refractivity contribution in [2.75, 3.05) is 0 Å². The van der Waals surface area contributed by atoms with Crippen LogP contribution < -0.4 is 5.32 Å². The molecule has 2 aliphatic rings. The van der Waals surface area contributed by atoms with Crippen molar-refractivity contribution in [3.8, 4) is 0 Å². The summed E-state index contributed by atoms with van der Waals surface area (Å²) in [5, 5.41) is 3.46. The van der Waals surface area contributed by atoms with Gasteiger partial charge in [0.05, 0.1) is 6.04 Å². The number of benzene rings is 1. The minimum atomic E-state index is 0.0151. The van der Waals surface area contributed by atoms with E-state index in [4.69, 9.17) is 4.99 Å². The van der Waals surface area contributed by atoms with E-state index in [1.54, 1.807) is 0 Å². The van der Waals surface area contributed by atoms with E-state index in [9.17, 15) is 0 Å². The SMILES string of the molecule is CC1C=CC(C2=CC=CC=C=C2)N=C(c2ccccc2)N1. The summed E-state index contributed by atoms with van der Waals surface area (Å²) in [6.45, 7) is 2.13. The standard InChI is InChI=1S/C19H18N2/c1-15-13-14-18(16-9-5-2-3-6-10-16)21-19(20-15)17-11-7-4-8-12-17/h2-5,7-15,18H,1H3,(H,20,21). The number of nitrogens with zero attached hydrogens (tertiary/aromatic N) is 1. The number of amidine groups is 1. The van der Waals surface area contributed by atoms with Crippen molar-refractivity contribution in [2.24, 2.45) is 4.99 Å². The summed E-state index contributed by atoms with van der Waals surface area (Å²) in [6.07, 6.45) is 14.3. The number of allylic oxidation sites excluding steroid dienone is 3. The van der Waals surface area contributed by atoms with Crippen molar-refractivity contribution in [3.63, 3.8) is 0 Å². The third-order valence-electron chi connectivity index (χ3n) is 3.45. The van der Waals surface area contributed by atoms with Gasteiger partial charge in [0.2, 0.25) is 0 Å². The van der Waals surface area contributed by atoms with Gasteiger partial charge in [-0.1, -0.05) is 60.7 Å². The fourth-order valence-corrected chi connectivity index (χ4v) is 2.35. The van der Waals surface area contributed by atoms with E-state index >= 15 is 0 Å². The van der Waals surface area contributed by atoms with Crippen LogP contribution in [0.15, 0.2) is 89.2 Å². The highest BCUT2D eigenvalue weighted by Gasteiger charge is 2.15. The zero-order valence-electron chi connectivity index (χ0n) is 12.0. The van der Waals surface area contributed by atoms with Gasteiger partial charge in [-0.2, -0.15) is 0 Å². The summed E-state index contributed by atoms with van der Waals surface area (Å²) in [5.41, 5.74) is 5.40. The molecule has 1 aromatic carbocycles. The van der Waals surface area contributed by atoms with E-state index in [-0.39, 0.29) is 12.1 Å². The number of hydrogen-bond acceptors (Lipinski definition) is 2. The largest absolute Gasteiger partial charge is 0.364 e. The van der Waals surface area contributed by atoms with Crippen molar-refractivity contribution < 1.29 is 0 Å². The lowest BCUT2D eigenvalue weighted by atomic mass is 10.1. The Labute approximate surface area is 125 Å². The topological polar surface area (TPSA) is 24.4 Å². The number of hydrogen-bond donors (Lipinski definition) is 1. The molecule has 0 amide bonds. The Morgan fingerprint density at radius 3 is 2.81 bits per heavy atom. The first-order valence-electron chi connectivity index (χ1n) is 7.20. The third-order valence-corrected chi connectivity index (χ3v) is 3.45. The first kappa shape index (κ1) is 13.4. The second-order valence-corrected chi connectivity index (χ2v) is 5.14. The Bertz CT molecular complexity index is 684. The third kappa shape index (κ3) is 3.31. The first-order chi connectivity index (χ1) is 10.3. The van der Waals surface area contributed by atoms with Crippen LogP contribution in [-0.4, -0.2) is 17.9 Å². The fourth-order valence-electron chi connectivity index (χ4n) is 2.35. The maximum absolute atomic E-state index is 4.89. The van der Waals surface area contributed by atoms with Crippen LogP contribution in [0.25, 0.3) is 0 Å². The van der Waals surface area contributed by atoms with E-state index in [0.717, 1.165) is 17.0 Å². The summed E-state index contributed by atoms with van der Waals surface area (Å²) in [6, 6.07) is 10.5. The van der Waals surface area contributed by atoms with Gasteiger partial charge in [-0.15, -0.1) is 5.73 Å². The van der Waals surface area contributed by atoms with Gasteiger partial charge >= 0.3 is 0 Å². The van der Waals surface area contributed by atoms with E-state index in [1.165, 1.54) is 0 Å². The summed E-state index contributed by atoms with van der Waals surface area (Å²) in [4.78, 5) is 4.89. The van der Waals surface area contributed by atoms with Crippen LogP contribution in [0.3, 0.4) is 0 Å². The highest BCUT2D eigenvalue weighted by atomic mass is 15.0. The molecule has 1 aromatic rings. The first-order valence-corrected chi connectivity index (χ1v) is 7.20. The maximum atomic E-state index is 4.89. The Balaban J connectivity index is 1.99. The minimum absolute atomic E-state index is 0.0151. The van der Waals surface area contributed by atoms with Gasteiger partial charge in [0.15, 0.2) is 0 Å². The van der Waals surface area contributed by atoms with Crippen LogP contribution in [0.5, 0.6) is 0 Å². The number of aliphatic imine (C=N–C) groups is 1. The molecule has 2 unspecified atom stereocenters. The lowest BCUT2D eigenvalue weighted by molar-refractivity contribution is 0.810. The van der Waals surface area contributed by atoms with Gasteiger partial charge in [0.25, 0.3) is 0 Å². The molecular weight excluding hydrogens is 256 g/mol. The van der Waals surface area contributed by atoms with E-state index < -0.39 is 0 Å². The van der Waals surface area contributed by atoms with E-state index in [0.29, 0.717) is 0 Å². The molecule has 104 valence electrons. The lowest BCUT2D eigenvalue weighted by Crippen LogP contribution is -2.31. The second-order valence-electron chi connectivity index (χ2n) is 5.14. The van der Waals surface area contributed by atoms with Crippen LogP contribution in [0, 0.1) is 0 Å². The molecule has 0 radical (unpaired) electrons. The van der Waals surface area contributed by atoms with Gasteiger partial charge in [-0.05, 0) is 24.6 Å². The molecule has 1 N–H and O–H groups in total. The second kappa shape index (κ2) is 6.25. The quantitative estimate of drug-likeness (QED) is 0.647. The lowest BCUT2D eigenvalue weighted by Gasteiger charge is -2.13. The molecule has 1 aliphatic carbocycles. The average molecular weight is 274 g/mol. The smallest absolute Gasteiger partial charge is 0.129 e. The van der Waals surface area contributed by atoms with Crippen molar-refractivity contribution in [3.05, 3.63) is 89.7 Å². The summed E-state index contributed by atoms with van der Waals surface area (Å²) in [7, 11) is 0. The Hall–Kier alpha value is -2.57. The Kier molecular flexibility index (Phi) is 3.99.